The number of nitrogens with zero attached hydrogens (tertiary/aromatic N) is 2. The standard InChI is InChI=1S/C44H65N13O11S2/c1-5-23(4)36-43(67)54-30(15-25-17-48-21-50-25)39(63)52-31(16-34(46)59)40(64)55-32(20-70-69-19-27(45)37(61)51-29(41(65)56-36)14-24-8-10-26(58)11-9-24)44(68)57-12-6-7-33(57)42(66)53-28(13-22(2)3)38(62)49-18-35(47)60/h8-11,17,21-23,27-33,36,58H,5-7,12-16,18-20,45H2,1-4H3,(H2,46,59)(H2,47,60)(H,48,50)(H,49,62)(H,51,61)(H,52,63)(H,53,66)(H,54,67)(H,55,64)(H,56,65)/t23-,27-,28-,29-,30-,31-,32-,33-,36-/m0/s1. The third-order valence-corrected chi connectivity index (χ3v) is 14.0. The molecule has 15 N–H and O–H groups in total. The molecule has 2 aliphatic rings. The average molecular weight is 1020 g/mol. The summed E-state index contributed by atoms with van der Waals surface area (Å²) in [7, 11) is 2.10. The largest absolute Gasteiger partial charge is 0.508 e. The molecule has 2 saturated heterocycles. The Morgan fingerprint density at radius 3 is 2.09 bits per heavy atom. The molecule has 1 aromatic heterocycles. The number of aromatic nitrogens is 2. The molecular weight excluding hydrogens is 951 g/mol. The minimum Gasteiger partial charge on any atom is -0.508 e. The summed E-state index contributed by atoms with van der Waals surface area (Å²) in [5.41, 5.74) is 18.0. The Morgan fingerprint density at radius 1 is 0.829 bits per heavy atom. The van der Waals surface area contributed by atoms with Gasteiger partial charge in [0.15, 0.2) is 0 Å². The summed E-state index contributed by atoms with van der Waals surface area (Å²) in [5.74, 6) is -8.99. The monoisotopic (exact) mass is 1020 g/mol. The molecule has 4 rings (SSSR count). The van der Waals surface area contributed by atoms with Crippen LogP contribution in [0.2, 0.25) is 0 Å². The van der Waals surface area contributed by atoms with Gasteiger partial charge < -0.3 is 69.4 Å². The van der Waals surface area contributed by atoms with Crippen LogP contribution < -0.4 is 54.4 Å². The van der Waals surface area contributed by atoms with Crippen LogP contribution in [0.15, 0.2) is 36.8 Å². The molecule has 10 amide bonds. The Kier molecular flexibility index (Phi) is 21.8. The summed E-state index contributed by atoms with van der Waals surface area (Å²) in [6.45, 7) is 6.74. The van der Waals surface area contributed by atoms with Crippen LogP contribution in [0, 0.1) is 11.8 Å². The summed E-state index contributed by atoms with van der Waals surface area (Å²) in [5, 5.41) is 28.2. The second kappa shape index (κ2) is 27.1. The summed E-state index contributed by atoms with van der Waals surface area (Å²) >= 11 is 0. The van der Waals surface area contributed by atoms with E-state index in [2.05, 4.69) is 47.2 Å². The molecule has 2 aliphatic heterocycles. The molecule has 9 atom stereocenters. The van der Waals surface area contributed by atoms with Gasteiger partial charge in [-0.15, -0.1) is 0 Å². The maximum absolute atomic E-state index is 14.6. The molecule has 0 aliphatic carbocycles. The van der Waals surface area contributed by atoms with Gasteiger partial charge in [-0.3, -0.25) is 47.9 Å². The number of aromatic amines is 1. The molecule has 0 saturated carbocycles. The number of nitrogens with one attached hydrogen (secondary N) is 8. The number of benzene rings is 1. The van der Waals surface area contributed by atoms with Crippen LogP contribution >= 0.6 is 21.6 Å². The molecule has 0 unspecified atom stereocenters. The SMILES string of the molecule is CC[C@H](C)[C@@H]1NC(=O)[C@H](Cc2ccc(O)cc2)NC(=O)[C@@H](N)CSSC[C@@H](C(=O)N2CCC[C@H]2C(=O)N[C@@H](CC(C)C)C(=O)NCC(N)=O)NC(=O)[C@H](CC(N)=O)NC(=O)[C@H](Cc2cnc[nH]2)NC1=O. The van der Waals surface area contributed by atoms with Crippen LogP contribution in [0.5, 0.6) is 5.75 Å². The van der Waals surface area contributed by atoms with Gasteiger partial charge in [0.25, 0.3) is 0 Å². The van der Waals surface area contributed by atoms with Crippen LogP contribution in [0.1, 0.15) is 71.1 Å². The van der Waals surface area contributed by atoms with Gasteiger partial charge in [0, 0.05) is 42.8 Å². The fraction of sp³-hybridized carbons (Fsp3) is 0.568. The zero-order valence-electron chi connectivity index (χ0n) is 39.5. The molecule has 0 bridgehead atoms. The highest BCUT2D eigenvalue weighted by atomic mass is 33.1. The number of carbonyl (C=O) groups excluding carboxylic acids is 10. The topological polar surface area (TPSA) is 385 Å². The summed E-state index contributed by atoms with van der Waals surface area (Å²) < 4.78 is 0. The fourth-order valence-corrected chi connectivity index (χ4v) is 9.89. The van der Waals surface area contributed by atoms with Crippen molar-refractivity contribution in [1.29, 1.82) is 0 Å². The number of primary amides is 2. The van der Waals surface area contributed by atoms with E-state index in [-0.39, 0.29) is 55.4 Å². The van der Waals surface area contributed by atoms with E-state index in [0.29, 0.717) is 24.1 Å². The lowest BCUT2D eigenvalue weighted by Crippen LogP contribution is -2.62. The van der Waals surface area contributed by atoms with Crippen molar-refractivity contribution < 1.29 is 53.1 Å². The number of rotatable bonds is 16. The second-order valence-corrected chi connectivity index (χ2v) is 20.2. The lowest BCUT2D eigenvalue weighted by molar-refractivity contribution is -0.142. The van der Waals surface area contributed by atoms with Crippen molar-refractivity contribution in [2.24, 2.45) is 29.0 Å². The van der Waals surface area contributed by atoms with Crippen LogP contribution in [-0.4, -0.2) is 152 Å². The first kappa shape index (κ1) is 56.2. The van der Waals surface area contributed by atoms with E-state index >= 15 is 0 Å². The molecule has 2 fully saturated rings. The third-order valence-electron chi connectivity index (χ3n) is 11.6. The minimum atomic E-state index is -1.69. The molecule has 0 spiro atoms. The van der Waals surface area contributed by atoms with Gasteiger partial charge in [-0.25, -0.2) is 4.98 Å². The van der Waals surface area contributed by atoms with Crippen LogP contribution in [0.4, 0.5) is 0 Å². The Labute approximate surface area is 412 Å². The van der Waals surface area contributed by atoms with Crippen molar-refractivity contribution in [3.05, 3.63) is 48.0 Å². The van der Waals surface area contributed by atoms with E-state index in [1.807, 2.05) is 13.8 Å². The van der Waals surface area contributed by atoms with Crippen molar-refractivity contribution in [1.82, 2.24) is 52.1 Å². The van der Waals surface area contributed by atoms with Crippen molar-refractivity contribution >= 4 is 80.7 Å². The van der Waals surface area contributed by atoms with Crippen molar-refractivity contribution in [3.63, 3.8) is 0 Å². The first-order valence-electron chi connectivity index (χ1n) is 22.9. The number of H-pyrrole nitrogens is 1. The normalized spacial score (nSPS) is 24.2. The molecule has 2 aromatic rings. The maximum atomic E-state index is 14.6. The van der Waals surface area contributed by atoms with Crippen molar-refractivity contribution in [2.45, 2.75) is 121 Å². The van der Waals surface area contributed by atoms with E-state index in [0.717, 1.165) is 21.6 Å². The van der Waals surface area contributed by atoms with Crippen LogP contribution in [0.25, 0.3) is 0 Å². The Hall–Kier alpha value is -6.41. The third kappa shape index (κ3) is 17.2. The Morgan fingerprint density at radius 2 is 1.46 bits per heavy atom. The number of likely N-dealkylation sites (tertiary alicyclic amines) is 1. The van der Waals surface area contributed by atoms with Gasteiger partial charge >= 0.3 is 0 Å². The molecule has 3 heterocycles. The van der Waals surface area contributed by atoms with Gasteiger partial charge in [0.1, 0.15) is 48.0 Å². The van der Waals surface area contributed by atoms with Gasteiger partial charge in [0.2, 0.25) is 59.1 Å². The van der Waals surface area contributed by atoms with Gasteiger partial charge in [-0.2, -0.15) is 0 Å². The predicted octanol–water partition coefficient (Wildman–Crippen LogP) is -2.91. The number of aromatic hydroxyl groups is 1. The Bertz CT molecular complexity index is 2180. The fourth-order valence-electron chi connectivity index (χ4n) is 7.61. The van der Waals surface area contributed by atoms with Crippen molar-refractivity contribution in [3.8, 4) is 5.75 Å². The number of amides is 10. The number of nitrogens with two attached hydrogens (primary N) is 3. The highest BCUT2D eigenvalue weighted by Crippen LogP contribution is 2.26. The number of carbonyl (C=O) groups is 10. The average Bonchev–Trinajstić information content (AvgIpc) is 4.02. The zero-order valence-corrected chi connectivity index (χ0v) is 41.1. The van der Waals surface area contributed by atoms with Crippen LogP contribution in [0.3, 0.4) is 0 Å². The lowest BCUT2D eigenvalue weighted by atomic mass is 9.96. The highest BCUT2D eigenvalue weighted by Gasteiger charge is 2.41. The van der Waals surface area contributed by atoms with E-state index < -0.39 is 126 Å². The first-order chi connectivity index (χ1) is 33.2. The molecule has 384 valence electrons. The van der Waals surface area contributed by atoms with E-state index in [1.54, 1.807) is 26.0 Å². The summed E-state index contributed by atoms with van der Waals surface area (Å²) in [4.78, 5) is 144. The quantitative estimate of drug-likeness (QED) is 0.0751. The Balaban J connectivity index is 1.71. The molecule has 0 radical (unpaired) electrons. The number of hydrogen-bond acceptors (Lipinski definition) is 15. The number of phenols is 1. The summed E-state index contributed by atoms with van der Waals surface area (Å²) in [6, 6.07) is -4.59. The van der Waals surface area contributed by atoms with Gasteiger partial charge in [0.05, 0.1) is 25.3 Å². The summed E-state index contributed by atoms with van der Waals surface area (Å²) in [6.07, 6.45) is 2.84. The second-order valence-electron chi connectivity index (χ2n) is 17.7. The smallest absolute Gasteiger partial charge is 0.246 e. The molecular formula is C44H65N13O11S2. The van der Waals surface area contributed by atoms with Gasteiger partial charge in [-0.1, -0.05) is 67.8 Å². The van der Waals surface area contributed by atoms with E-state index in [9.17, 15) is 53.1 Å². The van der Waals surface area contributed by atoms with E-state index in [4.69, 9.17) is 17.2 Å². The number of phenolic OH excluding ortho intramolecular Hbond substituents is 1. The predicted molar refractivity (Wildman–Crippen MR) is 258 cm³/mol. The maximum Gasteiger partial charge on any atom is 0.246 e. The molecule has 70 heavy (non-hydrogen) atoms. The molecule has 26 heteroatoms. The van der Waals surface area contributed by atoms with Crippen LogP contribution in [-0.2, 0) is 60.8 Å². The number of imidazole rings is 1. The molecule has 24 nitrogen and oxygen atoms in total. The zero-order chi connectivity index (χ0) is 51.7. The number of hydrogen-bond donors (Lipinski definition) is 12. The first-order valence-corrected chi connectivity index (χ1v) is 25.4. The van der Waals surface area contributed by atoms with Gasteiger partial charge in [-0.05, 0) is 48.8 Å². The van der Waals surface area contributed by atoms with E-state index in [1.165, 1.54) is 29.6 Å². The minimum absolute atomic E-state index is 0.0294. The lowest BCUT2D eigenvalue weighted by Gasteiger charge is -2.31. The highest BCUT2D eigenvalue weighted by molar-refractivity contribution is 8.76. The molecule has 1 aromatic carbocycles. The van der Waals surface area contributed by atoms with Crippen molar-refractivity contribution in [2.75, 3.05) is 24.6 Å².